The Hall–Kier alpha value is -2.40. The highest BCUT2D eigenvalue weighted by Crippen LogP contribution is 2.24. The van der Waals surface area contributed by atoms with Crippen LogP contribution in [0.1, 0.15) is 23.7 Å². The van der Waals surface area contributed by atoms with Gasteiger partial charge in [-0.3, -0.25) is 9.59 Å². The number of ketones is 1. The van der Waals surface area contributed by atoms with Gasteiger partial charge in [-0.05, 0) is 42.5 Å². The van der Waals surface area contributed by atoms with Crippen molar-refractivity contribution in [3.8, 4) is 5.75 Å². The second-order valence-electron chi connectivity index (χ2n) is 4.76. The Bertz CT molecular complexity index is 716. The standard InChI is InChI=1S/C17H15ClFNO3/c1-2-15(21)14-9-11(18)3-8-16(14)23-10-17(22)20-13-6-4-12(19)5-7-13/h3-9H,2,10H2,1H3,(H,20,22). The highest BCUT2D eigenvalue weighted by Gasteiger charge is 2.13. The fraction of sp³-hybridized carbons (Fsp3) is 0.176. The van der Waals surface area contributed by atoms with Crippen LogP contribution in [0.4, 0.5) is 10.1 Å². The topological polar surface area (TPSA) is 55.4 Å². The molecule has 1 amide bonds. The summed E-state index contributed by atoms with van der Waals surface area (Å²) in [5.41, 5.74) is 0.801. The molecule has 0 aliphatic carbocycles. The molecule has 1 N–H and O–H groups in total. The summed E-state index contributed by atoms with van der Waals surface area (Å²) in [5.74, 6) is -0.624. The van der Waals surface area contributed by atoms with Gasteiger partial charge < -0.3 is 10.1 Å². The van der Waals surface area contributed by atoms with E-state index in [0.717, 1.165) is 0 Å². The third-order valence-corrected chi connectivity index (χ3v) is 3.28. The average Bonchev–Trinajstić information content (AvgIpc) is 2.55. The van der Waals surface area contributed by atoms with Gasteiger partial charge >= 0.3 is 0 Å². The number of anilines is 1. The molecule has 0 aromatic heterocycles. The number of rotatable bonds is 6. The molecule has 0 unspecified atom stereocenters. The molecule has 0 saturated carbocycles. The fourth-order valence-electron chi connectivity index (χ4n) is 1.91. The van der Waals surface area contributed by atoms with Gasteiger partial charge in [-0.2, -0.15) is 0 Å². The molecule has 23 heavy (non-hydrogen) atoms. The van der Waals surface area contributed by atoms with Crippen molar-refractivity contribution < 1.29 is 18.7 Å². The lowest BCUT2D eigenvalue weighted by molar-refractivity contribution is -0.118. The monoisotopic (exact) mass is 335 g/mol. The first-order valence-electron chi connectivity index (χ1n) is 7.00. The van der Waals surface area contributed by atoms with Crippen LogP contribution >= 0.6 is 11.6 Å². The summed E-state index contributed by atoms with van der Waals surface area (Å²) in [5, 5.41) is 2.99. The van der Waals surface area contributed by atoms with Crippen LogP contribution in [0.3, 0.4) is 0 Å². The molecule has 2 aromatic rings. The molecular weight excluding hydrogens is 321 g/mol. The first-order chi connectivity index (χ1) is 11.0. The third-order valence-electron chi connectivity index (χ3n) is 3.05. The molecule has 120 valence electrons. The Morgan fingerprint density at radius 1 is 1.17 bits per heavy atom. The number of benzene rings is 2. The molecule has 2 aromatic carbocycles. The van der Waals surface area contributed by atoms with Gasteiger partial charge in [0.15, 0.2) is 12.4 Å². The lowest BCUT2D eigenvalue weighted by atomic mass is 10.1. The predicted octanol–water partition coefficient (Wildman–Crippen LogP) is 4.09. The van der Waals surface area contributed by atoms with Gasteiger partial charge in [0.1, 0.15) is 11.6 Å². The highest BCUT2D eigenvalue weighted by atomic mass is 35.5. The van der Waals surface area contributed by atoms with E-state index >= 15 is 0 Å². The second-order valence-corrected chi connectivity index (χ2v) is 5.20. The highest BCUT2D eigenvalue weighted by molar-refractivity contribution is 6.31. The molecule has 2 rings (SSSR count). The molecule has 6 heteroatoms. The van der Waals surface area contributed by atoms with Crippen LogP contribution in [0.25, 0.3) is 0 Å². The molecule has 0 saturated heterocycles. The van der Waals surface area contributed by atoms with E-state index in [1.54, 1.807) is 19.1 Å². The van der Waals surface area contributed by atoms with E-state index in [-0.39, 0.29) is 18.2 Å². The smallest absolute Gasteiger partial charge is 0.262 e. The van der Waals surface area contributed by atoms with Crippen LogP contribution in [-0.2, 0) is 4.79 Å². The van der Waals surface area contributed by atoms with Gasteiger partial charge in [0.25, 0.3) is 5.91 Å². The van der Waals surface area contributed by atoms with Crippen LogP contribution in [0.15, 0.2) is 42.5 Å². The maximum Gasteiger partial charge on any atom is 0.262 e. The summed E-state index contributed by atoms with van der Waals surface area (Å²) >= 11 is 5.88. The van der Waals surface area contributed by atoms with E-state index in [1.807, 2.05) is 0 Å². The summed E-state index contributed by atoms with van der Waals surface area (Å²) in [7, 11) is 0. The van der Waals surface area contributed by atoms with Crippen molar-refractivity contribution in [1.29, 1.82) is 0 Å². The zero-order valence-electron chi connectivity index (χ0n) is 12.4. The quantitative estimate of drug-likeness (QED) is 0.809. The summed E-state index contributed by atoms with van der Waals surface area (Å²) in [4.78, 5) is 23.7. The average molecular weight is 336 g/mol. The number of hydrogen-bond donors (Lipinski definition) is 1. The molecule has 0 atom stereocenters. The minimum atomic E-state index is -0.415. The fourth-order valence-corrected chi connectivity index (χ4v) is 2.08. The van der Waals surface area contributed by atoms with Crippen LogP contribution in [0, 0.1) is 5.82 Å². The maximum atomic E-state index is 12.8. The minimum absolute atomic E-state index is 0.124. The van der Waals surface area contributed by atoms with Crippen molar-refractivity contribution in [2.45, 2.75) is 13.3 Å². The zero-order chi connectivity index (χ0) is 16.8. The number of halogens is 2. The number of carbonyl (C=O) groups excluding carboxylic acids is 2. The van der Waals surface area contributed by atoms with Gasteiger partial charge in [-0.25, -0.2) is 4.39 Å². The lowest BCUT2D eigenvalue weighted by Crippen LogP contribution is -2.20. The summed E-state index contributed by atoms with van der Waals surface area (Å²) in [6.45, 7) is 1.46. The summed E-state index contributed by atoms with van der Waals surface area (Å²) < 4.78 is 18.2. The van der Waals surface area contributed by atoms with E-state index in [4.69, 9.17) is 16.3 Å². The van der Waals surface area contributed by atoms with Crippen molar-refractivity contribution in [1.82, 2.24) is 0 Å². The molecule has 0 heterocycles. The van der Waals surface area contributed by atoms with E-state index in [9.17, 15) is 14.0 Å². The molecule has 0 bridgehead atoms. The number of ether oxygens (including phenoxy) is 1. The first-order valence-corrected chi connectivity index (χ1v) is 7.38. The molecule has 0 fully saturated rings. The Balaban J connectivity index is 2.01. The lowest BCUT2D eigenvalue weighted by Gasteiger charge is -2.11. The van der Waals surface area contributed by atoms with Crippen molar-refractivity contribution in [2.24, 2.45) is 0 Å². The van der Waals surface area contributed by atoms with Crippen molar-refractivity contribution in [3.63, 3.8) is 0 Å². The second kappa shape index (κ2) is 7.74. The summed E-state index contributed by atoms with van der Waals surface area (Å²) in [6, 6.07) is 10.0. The SMILES string of the molecule is CCC(=O)c1cc(Cl)ccc1OCC(=O)Nc1ccc(F)cc1. The molecule has 0 radical (unpaired) electrons. The predicted molar refractivity (Wildman–Crippen MR) is 86.6 cm³/mol. The number of amides is 1. The molecule has 0 aliphatic rings. The number of Topliss-reactive ketones (excluding diaryl/α,β-unsaturated/α-hetero) is 1. The van der Waals surface area contributed by atoms with Crippen LogP contribution in [-0.4, -0.2) is 18.3 Å². The Labute approximate surface area is 138 Å². The third kappa shape index (κ3) is 4.79. The minimum Gasteiger partial charge on any atom is -0.483 e. The Morgan fingerprint density at radius 3 is 2.52 bits per heavy atom. The molecular formula is C17H15ClFNO3. The normalized spacial score (nSPS) is 10.2. The number of nitrogens with one attached hydrogen (secondary N) is 1. The molecule has 0 aliphatic heterocycles. The van der Waals surface area contributed by atoms with Crippen molar-refractivity contribution in [3.05, 3.63) is 58.9 Å². The summed E-state index contributed by atoms with van der Waals surface area (Å²) in [6.07, 6.45) is 0.304. The van der Waals surface area contributed by atoms with Crippen LogP contribution in [0.5, 0.6) is 5.75 Å². The van der Waals surface area contributed by atoms with Gasteiger partial charge in [0.05, 0.1) is 5.56 Å². The van der Waals surface area contributed by atoms with Crippen molar-refractivity contribution in [2.75, 3.05) is 11.9 Å². The first kappa shape index (κ1) is 17.0. The molecule has 4 nitrogen and oxygen atoms in total. The van der Waals surface area contributed by atoms with Crippen molar-refractivity contribution >= 4 is 29.0 Å². The van der Waals surface area contributed by atoms with E-state index in [0.29, 0.717) is 28.4 Å². The number of hydrogen-bond acceptors (Lipinski definition) is 3. The van der Waals surface area contributed by atoms with Crippen LogP contribution < -0.4 is 10.1 Å². The van der Waals surface area contributed by atoms with E-state index < -0.39 is 5.91 Å². The van der Waals surface area contributed by atoms with Gasteiger partial charge in [0, 0.05) is 17.1 Å². The maximum absolute atomic E-state index is 12.8. The van der Waals surface area contributed by atoms with Gasteiger partial charge in [-0.15, -0.1) is 0 Å². The van der Waals surface area contributed by atoms with Gasteiger partial charge in [0.2, 0.25) is 0 Å². The Morgan fingerprint density at radius 2 is 1.87 bits per heavy atom. The largest absolute Gasteiger partial charge is 0.483 e. The van der Waals surface area contributed by atoms with E-state index in [1.165, 1.54) is 30.3 Å². The zero-order valence-corrected chi connectivity index (χ0v) is 13.2. The number of carbonyl (C=O) groups is 2. The Kier molecular flexibility index (Phi) is 5.71. The van der Waals surface area contributed by atoms with Gasteiger partial charge in [-0.1, -0.05) is 18.5 Å². The van der Waals surface area contributed by atoms with E-state index in [2.05, 4.69) is 5.32 Å². The molecule has 0 spiro atoms. The van der Waals surface area contributed by atoms with Crippen LogP contribution in [0.2, 0.25) is 5.02 Å².